The van der Waals surface area contributed by atoms with E-state index in [1.165, 1.54) is 0 Å². The van der Waals surface area contributed by atoms with E-state index in [0.717, 1.165) is 19.4 Å². The third-order valence-electron chi connectivity index (χ3n) is 4.10. The molecule has 3 unspecified atom stereocenters. The zero-order valence-electron chi connectivity index (χ0n) is 10.9. The second-order valence-electron chi connectivity index (χ2n) is 5.19. The van der Waals surface area contributed by atoms with E-state index >= 15 is 0 Å². The monoisotopic (exact) mass is 255 g/mol. The van der Waals surface area contributed by atoms with Crippen molar-refractivity contribution in [1.82, 2.24) is 15.1 Å². The molecule has 18 heavy (non-hydrogen) atoms. The summed E-state index contributed by atoms with van der Waals surface area (Å²) in [4.78, 5) is 26.9. The van der Waals surface area contributed by atoms with Crippen molar-refractivity contribution < 1.29 is 14.7 Å². The highest BCUT2D eigenvalue weighted by molar-refractivity contribution is 5.79. The lowest BCUT2D eigenvalue weighted by Gasteiger charge is -2.28. The van der Waals surface area contributed by atoms with Gasteiger partial charge in [0.25, 0.3) is 0 Å². The Hall–Kier alpha value is -1.30. The number of urea groups is 1. The second-order valence-corrected chi connectivity index (χ2v) is 5.19. The number of fused-ring (bicyclic) bond motifs is 2. The third kappa shape index (κ3) is 2.16. The van der Waals surface area contributed by atoms with Gasteiger partial charge in [0.05, 0.1) is 5.92 Å². The third-order valence-corrected chi connectivity index (χ3v) is 4.10. The Morgan fingerprint density at radius 3 is 2.72 bits per heavy atom. The second kappa shape index (κ2) is 5.14. The molecule has 2 aliphatic heterocycles. The summed E-state index contributed by atoms with van der Waals surface area (Å²) >= 11 is 0. The Morgan fingerprint density at radius 2 is 2.17 bits per heavy atom. The molecule has 2 saturated heterocycles. The van der Waals surface area contributed by atoms with Crippen LogP contribution < -0.4 is 5.32 Å². The molecule has 0 saturated carbocycles. The highest BCUT2D eigenvalue weighted by atomic mass is 16.4. The number of hydrogen-bond donors (Lipinski definition) is 2. The van der Waals surface area contributed by atoms with Crippen molar-refractivity contribution in [3.05, 3.63) is 0 Å². The normalized spacial score (nSPS) is 29.7. The highest BCUT2D eigenvalue weighted by Gasteiger charge is 2.51. The van der Waals surface area contributed by atoms with Crippen LogP contribution in [0.15, 0.2) is 0 Å². The molecule has 0 aromatic heterocycles. The molecule has 0 spiro atoms. The average Bonchev–Trinajstić information content (AvgIpc) is 2.92. The molecule has 6 nitrogen and oxygen atoms in total. The van der Waals surface area contributed by atoms with Crippen LogP contribution in [0.2, 0.25) is 0 Å². The Bertz CT molecular complexity index is 347. The summed E-state index contributed by atoms with van der Waals surface area (Å²) < 4.78 is 0. The quantitative estimate of drug-likeness (QED) is 0.752. The fourth-order valence-electron chi connectivity index (χ4n) is 3.12. The standard InChI is InChI=1S/C12H21N3O3/c1-13-5-6-14(2)12(18)15-8-3-4-10(15)9(7-8)11(16)17/h8-10,13H,3-7H2,1-2H3,(H,16,17). The first-order valence-electron chi connectivity index (χ1n) is 6.47. The molecule has 2 aliphatic rings. The maximum absolute atomic E-state index is 12.3. The molecule has 3 atom stereocenters. The molecule has 0 aromatic carbocycles. The highest BCUT2D eigenvalue weighted by Crippen LogP contribution is 2.42. The molecule has 0 aliphatic carbocycles. The summed E-state index contributed by atoms with van der Waals surface area (Å²) in [5.74, 6) is -1.14. The first-order chi connectivity index (χ1) is 8.56. The molecule has 6 heteroatoms. The largest absolute Gasteiger partial charge is 0.481 e. The van der Waals surface area contributed by atoms with Crippen LogP contribution in [0.25, 0.3) is 0 Å². The number of carbonyl (C=O) groups is 2. The molecule has 2 rings (SSSR count). The Morgan fingerprint density at radius 1 is 1.44 bits per heavy atom. The van der Waals surface area contributed by atoms with Crippen LogP contribution >= 0.6 is 0 Å². The number of nitrogens with zero attached hydrogens (tertiary/aromatic N) is 2. The lowest BCUT2D eigenvalue weighted by atomic mass is 9.89. The van der Waals surface area contributed by atoms with Gasteiger partial charge in [0.2, 0.25) is 0 Å². The molecule has 2 amide bonds. The fraction of sp³-hybridized carbons (Fsp3) is 0.833. The summed E-state index contributed by atoms with van der Waals surface area (Å²) in [7, 11) is 3.62. The van der Waals surface area contributed by atoms with E-state index in [4.69, 9.17) is 5.11 Å². The van der Waals surface area contributed by atoms with Crippen LogP contribution in [-0.2, 0) is 4.79 Å². The predicted octanol–water partition coefficient (Wildman–Crippen LogP) is 0.195. The smallest absolute Gasteiger partial charge is 0.320 e. The maximum Gasteiger partial charge on any atom is 0.320 e. The summed E-state index contributed by atoms with van der Waals surface area (Å²) in [6.07, 6.45) is 2.39. The lowest BCUT2D eigenvalue weighted by Crippen LogP contribution is -2.46. The van der Waals surface area contributed by atoms with E-state index in [1.54, 1.807) is 16.8 Å². The van der Waals surface area contributed by atoms with Gasteiger partial charge < -0.3 is 20.2 Å². The minimum Gasteiger partial charge on any atom is -0.481 e. The van der Waals surface area contributed by atoms with Gasteiger partial charge in [-0.3, -0.25) is 4.79 Å². The van der Waals surface area contributed by atoms with E-state index in [9.17, 15) is 9.59 Å². The maximum atomic E-state index is 12.3. The topological polar surface area (TPSA) is 72.9 Å². The average molecular weight is 255 g/mol. The van der Waals surface area contributed by atoms with Gasteiger partial charge in [0, 0.05) is 32.2 Å². The van der Waals surface area contributed by atoms with Gasteiger partial charge in [0.1, 0.15) is 0 Å². The number of amides is 2. The zero-order valence-corrected chi connectivity index (χ0v) is 10.9. The van der Waals surface area contributed by atoms with Crippen molar-refractivity contribution in [3.63, 3.8) is 0 Å². The first kappa shape index (κ1) is 13.1. The number of likely N-dealkylation sites (N-methyl/N-ethyl adjacent to an activating group) is 2. The van der Waals surface area contributed by atoms with Crippen LogP contribution in [0.1, 0.15) is 19.3 Å². The van der Waals surface area contributed by atoms with E-state index < -0.39 is 5.97 Å². The molecule has 2 N–H and O–H groups in total. The predicted molar refractivity (Wildman–Crippen MR) is 66.3 cm³/mol. The molecule has 2 heterocycles. The van der Waals surface area contributed by atoms with Crippen molar-refractivity contribution >= 4 is 12.0 Å². The van der Waals surface area contributed by atoms with Crippen molar-refractivity contribution in [2.24, 2.45) is 5.92 Å². The number of carboxylic acids is 1. The summed E-state index contributed by atoms with van der Waals surface area (Å²) in [6.45, 7) is 1.39. The van der Waals surface area contributed by atoms with Gasteiger partial charge >= 0.3 is 12.0 Å². The zero-order chi connectivity index (χ0) is 13.3. The van der Waals surface area contributed by atoms with Crippen molar-refractivity contribution in [1.29, 1.82) is 0 Å². The van der Waals surface area contributed by atoms with Gasteiger partial charge in [-0.15, -0.1) is 0 Å². The number of nitrogens with one attached hydrogen (secondary N) is 1. The van der Waals surface area contributed by atoms with Crippen LogP contribution in [0.5, 0.6) is 0 Å². The Kier molecular flexibility index (Phi) is 3.75. The van der Waals surface area contributed by atoms with Crippen LogP contribution in [-0.4, -0.2) is 66.2 Å². The number of carboxylic acid groups (broad SMARTS) is 1. The summed E-state index contributed by atoms with van der Waals surface area (Å²) in [5.41, 5.74) is 0. The van der Waals surface area contributed by atoms with Gasteiger partial charge in [-0.05, 0) is 26.3 Å². The van der Waals surface area contributed by atoms with E-state index in [2.05, 4.69) is 5.32 Å². The number of rotatable bonds is 4. The van der Waals surface area contributed by atoms with Gasteiger partial charge in [-0.25, -0.2) is 4.79 Å². The van der Waals surface area contributed by atoms with Crippen molar-refractivity contribution in [2.45, 2.75) is 31.3 Å². The van der Waals surface area contributed by atoms with E-state index in [1.807, 2.05) is 7.05 Å². The van der Waals surface area contributed by atoms with E-state index in [-0.39, 0.29) is 24.0 Å². The van der Waals surface area contributed by atoms with Crippen LogP contribution in [0, 0.1) is 5.92 Å². The fourth-order valence-corrected chi connectivity index (χ4v) is 3.12. The summed E-state index contributed by atoms with van der Waals surface area (Å²) in [6, 6.07) is -0.000767. The molecule has 0 radical (unpaired) electrons. The van der Waals surface area contributed by atoms with Crippen molar-refractivity contribution in [2.75, 3.05) is 27.2 Å². The van der Waals surface area contributed by atoms with Crippen LogP contribution in [0.3, 0.4) is 0 Å². The molecule has 102 valence electrons. The number of carbonyl (C=O) groups excluding carboxylic acids is 1. The van der Waals surface area contributed by atoms with Gasteiger partial charge in [0.15, 0.2) is 0 Å². The molecule has 2 bridgehead atoms. The molecular weight excluding hydrogens is 234 g/mol. The van der Waals surface area contributed by atoms with Crippen molar-refractivity contribution in [3.8, 4) is 0 Å². The number of aliphatic carboxylic acids is 1. The minimum atomic E-state index is -0.766. The lowest BCUT2D eigenvalue weighted by molar-refractivity contribution is -0.142. The SMILES string of the molecule is CNCCN(C)C(=O)N1C2CCC1C(C(=O)O)C2. The van der Waals surface area contributed by atoms with Crippen LogP contribution in [0.4, 0.5) is 4.79 Å². The first-order valence-corrected chi connectivity index (χ1v) is 6.47. The molecule has 0 aromatic rings. The Balaban J connectivity index is 2.01. The summed E-state index contributed by atoms with van der Waals surface area (Å²) in [5, 5.41) is 12.2. The minimum absolute atomic E-state index is 0.0264. The Labute approximate surface area is 107 Å². The molecular formula is C12H21N3O3. The van der Waals surface area contributed by atoms with Gasteiger partial charge in [-0.2, -0.15) is 0 Å². The number of hydrogen-bond acceptors (Lipinski definition) is 3. The van der Waals surface area contributed by atoms with E-state index in [0.29, 0.717) is 13.0 Å². The molecule has 2 fully saturated rings. The van der Waals surface area contributed by atoms with Gasteiger partial charge in [-0.1, -0.05) is 0 Å².